The van der Waals surface area contributed by atoms with Gasteiger partial charge in [0.25, 0.3) is 5.56 Å². The highest BCUT2D eigenvalue weighted by atomic mass is 32.2. The van der Waals surface area contributed by atoms with Gasteiger partial charge in [-0.1, -0.05) is 12.1 Å². The highest BCUT2D eigenvalue weighted by molar-refractivity contribution is 8.00. The first kappa shape index (κ1) is 19.0. The molecule has 0 aliphatic carbocycles. The molecule has 3 aromatic rings. The SMILES string of the molecule is CCN(Cc1nc2ccccc2c(=O)[nH]1)C(=O)CSc1ccc(F)cc1F. The molecule has 0 aliphatic heterocycles. The highest BCUT2D eigenvalue weighted by Gasteiger charge is 2.16. The summed E-state index contributed by atoms with van der Waals surface area (Å²) in [5.41, 5.74) is 0.296. The van der Waals surface area contributed by atoms with E-state index in [1.54, 1.807) is 31.2 Å². The maximum Gasteiger partial charge on any atom is 0.258 e. The smallest absolute Gasteiger partial charge is 0.258 e. The number of halogens is 2. The van der Waals surface area contributed by atoms with Crippen molar-refractivity contribution in [3.8, 4) is 0 Å². The molecule has 8 heteroatoms. The number of rotatable bonds is 6. The fraction of sp³-hybridized carbons (Fsp3) is 0.211. The fourth-order valence-electron chi connectivity index (χ4n) is 2.59. The number of nitrogens with zero attached hydrogens (tertiary/aromatic N) is 2. The molecule has 2 aromatic carbocycles. The summed E-state index contributed by atoms with van der Waals surface area (Å²) in [5, 5.41) is 0.484. The topological polar surface area (TPSA) is 66.1 Å². The number of fused-ring (bicyclic) bond motifs is 1. The van der Waals surface area contributed by atoms with Gasteiger partial charge in [-0.15, -0.1) is 11.8 Å². The molecule has 5 nitrogen and oxygen atoms in total. The number of carbonyl (C=O) groups excluding carboxylic acids is 1. The Morgan fingerprint density at radius 2 is 2.00 bits per heavy atom. The fourth-order valence-corrected chi connectivity index (χ4v) is 3.41. The predicted molar refractivity (Wildman–Crippen MR) is 101 cm³/mol. The average molecular weight is 389 g/mol. The van der Waals surface area contributed by atoms with Crippen molar-refractivity contribution in [1.29, 1.82) is 0 Å². The second-order valence-corrected chi connectivity index (χ2v) is 6.82. The van der Waals surface area contributed by atoms with Crippen molar-refractivity contribution >= 4 is 28.6 Å². The Hall–Kier alpha value is -2.74. The largest absolute Gasteiger partial charge is 0.335 e. The molecular formula is C19H17F2N3O2S. The van der Waals surface area contributed by atoms with Crippen molar-refractivity contribution in [2.75, 3.05) is 12.3 Å². The molecule has 1 N–H and O–H groups in total. The standard InChI is InChI=1S/C19H17F2N3O2S/c1-2-24(18(25)11-27-16-8-7-12(20)9-14(16)21)10-17-22-15-6-4-3-5-13(15)19(26)23-17/h3-9H,2,10-11H2,1H3,(H,22,23,26). The zero-order valence-electron chi connectivity index (χ0n) is 14.5. The van der Waals surface area contributed by atoms with Gasteiger partial charge in [-0.05, 0) is 31.2 Å². The number of amides is 1. The van der Waals surface area contributed by atoms with Crippen LogP contribution in [0.3, 0.4) is 0 Å². The van der Waals surface area contributed by atoms with E-state index in [1.165, 1.54) is 11.0 Å². The summed E-state index contributed by atoms with van der Waals surface area (Å²) in [5.74, 6) is -1.22. The van der Waals surface area contributed by atoms with E-state index in [2.05, 4.69) is 9.97 Å². The molecule has 0 spiro atoms. The summed E-state index contributed by atoms with van der Waals surface area (Å²) < 4.78 is 26.6. The van der Waals surface area contributed by atoms with E-state index in [0.717, 1.165) is 23.9 Å². The summed E-state index contributed by atoms with van der Waals surface area (Å²) in [4.78, 5) is 33.4. The normalized spacial score (nSPS) is 10.9. The van der Waals surface area contributed by atoms with E-state index in [-0.39, 0.29) is 28.7 Å². The van der Waals surface area contributed by atoms with Gasteiger partial charge < -0.3 is 9.88 Å². The summed E-state index contributed by atoms with van der Waals surface area (Å²) in [6.45, 7) is 2.35. The van der Waals surface area contributed by atoms with E-state index in [0.29, 0.717) is 23.3 Å². The number of aromatic nitrogens is 2. The van der Waals surface area contributed by atoms with Gasteiger partial charge in [0.2, 0.25) is 5.91 Å². The van der Waals surface area contributed by atoms with Crippen LogP contribution in [0, 0.1) is 11.6 Å². The summed E-state index contributed by atoms with van der Waals surface area (Å²) in [6, 6.07) is 10.2. The third kappa shape index (κ3) is 4.51. The molecule has 1 aromatic heterocycles. The Labute approximate surface area is 158 Å². The lowest BCUT2D eigenvalue weighted by molar-refractivity contribution is -0.128. The number of thioether (sulfide) groups is 1. The number of nitrogens with one attached hydrogen (secondary N) is 1. The van der Waals surface area contributed by atoms with Gasteiger partial charge in [0.05, 0.1) is 23.2 Å². The lowest BCUT2D eigenvalue weighted by Crippen LogP contribution is -2.33. The van der Waals surface area contributed by atoms with Crippen LogP contribution >= 0.6 is 11.8 Å². The van der Waals surface area contributed by atoms with Gasteiger partial charge in [0.1, 0.15) is 17.5 Å². The molecule has 140 valence electrons. The third-order valence-electron chi connectivity index (χ3n) is 3.98. The van der Waals surface area contributed by atoms with Crippen molar-refractivity contribution in [2.24, 2.45) is 0 Å². The number of aromatic amines is 1. The molecular weight excluding hydrogens is 372 g/mol. The Morgan fingerprint density at radius 1 is 1.22 bits per heavy atom. The van der Waals surface area contributed by atoms with Crippen LogP contribution in [0.4, 0.5) is 8.78 Å². The van der Waals surface area contributed by atoms with Crippen molar-refractivity contribution < 1.29 is 13.6 Å². The molecule has 1 heterocycles. The van der Waals surface area contributed by atoms with Gasteiger partial charge in [0, 0.05) is 17.5 Å². The third-order valence-corrected chi connectivity index (χ3v) is 5.02. The molecule has 0 bridgehead atoms. The average Bonchev–Trinajstić information content (AvgIpc) is 2.65. The minimum atomic E-state index is -0.698. The van der Waals surface area contributed by atoms with Crippen LogP contribution in [0.5, 0.6) is 0 Å². The van der Waals surface area contributed by atoms with Crippen LogP contribution in [0.15, 0.2) is 52.2 Å². The Balaban J connectivity index is 1.71. The number of carbonyl (C=O) groups is 1. The van der Waals surface area contributed by atoms with Gasteiger partial charge in [-0.25, -0.2) is 13.8 Å². The maximum atomic E-state index is 13.7. The van der Waals surface area contributed by atoms with Crippen molar-refractivity contribution in [1.82, 2.24) is 14.9 Å². The number of H-pyrrole nitrogens is 1. The van der Waals surface area contributed by atoms with E-state index < -0.39 is 11.6 Å². The molecule has 0 saturated heterocycles. The van der Waals surface area contributed by atoms with Gasteiger partial charge >= 0.3 is 0 Å². The molecule has 0 aliphatic rings. The van der Waals surface area contributed by atoms with Crippen LogP contribution < -0.4 is 5.56 Å². The number of hydrogen-bond acceptors (Lipinski definition) is 4. The second kappa shape index (κ2) is 8.30. The van der Waals surface area contributed by atoms with Crippen molar-refractivity contribution in [3.05, 3.63) is 70.3 Å². The summed E-state index contributed by atoms with van der Waals surface area (Å²) in [7, 11) is 0. The molecule has 1 amide bonds. The Kier molecular flexibility index (Phi) is 5.85. The first-order valence-electron chi connectivity index (χ1n) is 8.31. The van der Waals surface area contributed by atoms with Crippen LogP contribution in [0.1, 0.15) is 12.7 Å². The zero-order valence-corrected chi connectivity index (χ0v) is 15.4. The minimum absolute atomic E-state index is 0.00575. The predicted octanol–water partition coefficient (Wildman–Crippen LogP) is 3.34. The zero-order chi connectivity index (χ0) is 19.4. The number of para-hydroxylation sites is 1. The monoisotopic (exact) mass is 389 g/mol. The van der Waals surface area contributed by atoms with Gasteiger partial charge in [-0.3, -0.25) is 9.59 Å². The maximum absolute atomic E-state index is 13.7. The lowest BCUT2D eigenvalue weighted by Gasteiger charge is -2.20. The molecule has 0 atom stereocenters. The Morgan fingerprint density at radius 3 is 2.74 bits per heavy atom. The van der Waals surface area contributed by atoms with E-state index in [4.69, 9.17) is 0 Å². The molecule has 0 unspecified atom stereocenters. The lowest BCUT2D eigenvalue weighted by atomic mass is 10.2. The Bertz CT molecular complexity index is 1040. The molecule has 27 heavy (non-hydrogen) atoms. The van der Waals surface area contributed by atoms with Crippen LogP contribution in [-0.2, 0) is 11.3 Å². The number of benzene rings is 2. The van der Waals surface area contributed by atoms with Crippen molar-refractivity contribution in [3.63, 3.8) is 0 Å². The van der Waals surface area contributed by atoms with E-state index >= 15 is 0 Å². The summed E-state index contributed by atoms with van der Waals surface area (Å²) in [6.07, 6.45) is 0. The van der Waals surface area contributed by atoms with E-state index in [1.807, 2.05) is 0 Å². The molecule has 0 saturated carbocycles. The number of hydrogen-bond donors (Lipinski definition) is 1. The quantitative estimate of drug-likeness (QED) is 0.657. The first-order chi connectivity index (χ1) is 13.0. The molecule has 0 radical (unpaired) electrons. The summed E-state index contributed by atoms with van der Waals surface area (Å²) >= 11 is 0.999. The van der Waals surface area contributed by atoms with Crippen LogP contribution in [-0.4, -0.2) is 33.1 Å². The van der Waals surface area contributed by atoms with Gasteiger partial charge in [0.15, 0.2) is 0 Å². The van der Waals surface area contributed by atoms with Crippen LogP contribution in [0.2, 0.25) is 0 Å². The minimum Gasteiger partial charge on any atom is -0.335 e. The molecule has 0 fully saturated rings. The van der Waals surface area contributed by atoms with Crippen molar-refractivity contribution in [2.45, 2.75) is 18.4 Å². The van der Waals surface area contributed by atoms with Gasteiger partial charge in [-0.2, -0.15) is 0 Å². The van der Waals surface area contributed by atoms with Crippen LogP contribution in [0.25, 0.3) is 10.9 Å². The van der Waals surface area contributed by atoms with E-state index in [9.17, 15) is 18.4 Å². The second-order valence-electron chi connectivity index (χ2n) is 5.80. The highest BCUT2D eigenvalue weighted by Crippen LogP contribution is 2.22. The first-order valence-corrected chi connectivity index (χ1v) is 9.30. The molecule has 3 rings (SSSR count).